The van der Waals surface area contributed by atoms with Gasteiger partial charge in [-0.2, -0.15) is 0 Å². The molecule has 3 amide bonds. The van der Waals surface area contributed by atoms with Crippen LogP contribution in [0.1, 0.15) is 19.8 Å². The average molecular weight is 390 g/mol. The van der Waals surface area contributed by atoms with E-state index in [4.69, 9.17) is 9.47 Å². The van der Waals surface area contributed by atoms with Crippen LogP contribution in [0.3, 0.4) is 0 Å². The Balaban J connectivity index is 1.45. The molecule has 0 aromatic heterocycles. The summed E-state index contributed by atoms with van der Waals surface area (Å²) in [5.41, 5.74) is 0. The number of carbonyl (C=O) groups is 2. The molecule has 1 aromatic carbocycles. The first-order valence-electron chi connectivity index (χ1n) is 9.96. The molecule has 2 heterocycles. The van der Waals surface area contributed by atoms with Gasteiger partial charge >= 0.3 is 6.03 Å². The first kappa shape index (κ1) is 20.3. The number of likely N-dealkylation sites (N-methyl/N-ethyl adjacent to an activating group) is 2. The normalized spacial score (nSPS) is 19.7. The van der Waals surface area contributed by atoms with E-state index in [1.165, 1.54) is 0 Å². The molecule has 8 nitrogen and oxygen atoms in total. The molecule has 1 aromatic rings. The predicted molar refractivity (Wildman–Crippen MR) is 106 cm³/mol. The zero-order valence-corrected chi connectivity index (χ0v) is 16.6. The van der Waals surface area contributed by atoms with E-state index >= 15 is 0 Å². The average Bonchev–Trinajstić information content (AvgIpc) is 2.73. The van der Waals surface area contributed by atoms with Gasteiger partial charge in [-0.1, -0.05) is 12.1 Å². The Hall–Kier alpha value is -2.48. The van der Waals surface area contributed by atoms with Crippen molar-refractivity contribution in [3.63, 3.8) is 0 Å². The van der Waals surface area contributed by atoms with Crippen LogP contribution in [0.4, 0.5) is 4.79 Å². The van der Waals surface area contributed by atoms with Crippen molar-refractivity contribution in [2.45, 2.75) is 31.9 Å². The summed E-state index contributed by atoms with van der Waals surface area (Å²) in [5, 5.41) is 5.77. The van der Waals surface area contributed by atoms with Crippen LogP contribution in [0.25, 0.3) is 0 Å². The number of hydrogen-bond acceptors (Lipinski definition) is 5. The lowest BCUT2D eigenvalue weighted by Gasteiger charge is -2.34. The Kier molecular flexibility index (Phi) is 6.97. The lowest BCUT2D eigenvalue weighted by atomic mass is 10.1. The fraction of sp³-hybridized carbons (Fsp3) is 0.600. The Bertz CT molecular complexity index is 676. The number of para-hydroxylation sites is 2. The van der Waals surface area contributed by atoms with Gasteiger partial charge in [0.15, 0.2) is 17.6 Å². The van der Waals surface area contributed by atoms with Crippen LogP contribution in [-0.2, 0) is 4.79 Å². The number of carbonyl (C=O) groups excluding carboxylic acids is 2. The molecule has 0 radical (unpaired) electrons. The van der Waals surface area contributed by atoms with Crippen molar-refractivity contribution in [3.8, 4) is 11.5 Å². The van der Waals surface area contributed by atoms with Crippen molar-refractivity contribution in [2.75, 3.05) is 46.4 Å². The van der Waals surface area contributed by atoms with E-state index in [9.17, 15) is 9.59 Å². The number of rotatable bonds is 6. The van der Waals surface area contributed by atoms with Crippen LogP contribution >= 0.6 is 0 Å². The summed E-state index contributed by atoms with van der Waals surface area (Å²) in [7, 11) is 1.65. The molecular weight excluding hydrogens is 360 g/mol. The van der Waals surface area contributed by atoms with E-state index in [1.54, 1.807) is 11.9 Å². The lowest BCUT2D eigenvalue weighted by molar-refractivity contribution is -0.122. The number of benzene rings is 1. The van der Waals surface area contributed by atoms with E-state index < -0.39 is 0 Å². The summed E-state index contributed by atoms with van der Waals surface area (Å²) in [6, 6.07) is 7.64. The van der Waals surface area contributed by atoms with Crippen molar-refractivity contribution < 1.29 is 19.1 Å². The number of piperidine rings is 1. The molecule has 0 bridgehead atoms. The SMILES string of the molecule is CCN(C[C@@H]1COc2ccccc2O1)C(=O)NC1CCN(CC(=O)NC)CC1. The Morgan fingerprint density at radius 1 is 1.21 bits per heavy atom. The fourth-order valence-electron chi connectivity index (χ4n) is 3.54. The van der Waals surface area contributed by atoms with Gasteiger partial charge in [0.2, 0.25) is 5.91 Å². The van der Waals surface area contributed by atoms with Crippen molar-refractivity contribution in [3.05, 3.63) is 24.3 Å². The molecule has 0 saturated carbocycles. The molecule has 3 rings (SSSR count). The second-order valence-electron chi connectivity index (χ2n) is 7.21. The predicted octanol–water partition coefficient (Wildman–Crippen LogP) is 1.07. The zero-order chi connectivity index (χ0) is 19.9. The van der Waals surface area contributed by atoms with Gasteiger partial charge in [0.25, 0.3) is 0 Å². The standard InChI is InChI=1S/C20H30N4O4/c1-3-24(12-16-14-27-17-6-4-5-7-18(17)28-16)20(26)22-15-8-10-23(11-9-15)13-19(25)21-2/h4-7,15-16H,3,8-14H2,1-2H3,(H,21,25)(H,22,26)/t16-/m1/s1. The van der Waals surface area contributed by atoms with E-state index in [2.05, 4.69) is 15.5 Å². The molecule has 154 valence electrons. The van der Waals surface area contributed by atoms with E-state index in [1.807, 2.05) is 31.2 Å². The molecule has 1 atom stereocenters. The summed E-state index contributed by atoms with van der Waals surface area (Å²) in [6.07, 6.45) is 1.50. The molecule has 2 N–H and O–H groups in total. The van der Waals surface area contributed by atoms with Gasteiger partial charge in [0.05, 0.1) is 13.1 Å². The minimum atomic E-state index is -0.185. The van der Waals surface area contributed by atoms with Crippen molar-refractivity contribution in [1.29, 1.82) is 0 Å². The van der Waals surface area contributed by atoms with Crippen molar-refractivity contribution in [2.24, 2.45) is 0 Å². The summed E-state index contributed by atoms with van der Waals surface area (Å²) in [6.45, 7) is 5.50. The third kappa shape index (κ3) is 5.28. The van der Waals surface area contributed by atoms with E-state index in [-0.39, 0.29) is 24.1 Å². The molecule has 0 spiro atoms. The van der Waals surface area contributed by atoms with Crippen molar-refractivity contribution >= 4 is 11.9 Å². The second kappa shape index (κ2) is 9.64. The van der Waals surface area contributed by atoms with Crippen LogP contribution in [0.5, 0.6) is 11.5 Å². The van der Waals surface area contributed by atoms with Crippen LogP contribution in [0.15, 0.2) is 24.3 Å². The maximum atomic E-state index is 12.7. The van der Waals surface area contributed by atoms with Gasteiger partial charge in [-0.3, -0.25) is 9.69 Å². The molecule has 2 aliphatic heterocycles. The number of ether oxygens (including phenoxy) is 2. The number of likely N-dealkylation sites (tertiary alicyclic amines) is 1. The molecule has 28 heavy (non-hydrogen) atoms. The first-order chi connectivity index (χ1) is 13.6. The van der Waals surface area contributed by atoms with Crippen LogP contribution in [0.2, 0.25) is 0 Å². The fourth-order valence-corrected chi connectivity index (χ4v) is 3.54. The number of nitrogens with one attached hydrogen (secondary N) is 2. The highest BCUT2D eigenvalue weighted by molar-refractivity contribution is 5.77. The summed E-state index contributed by atoms with van der Waals surface area (Å²) in [4.78, 5) is 28.1. The Labute approximate surface area is 166 Å². The van der Waals surface area contributed by atoms with Gasteiger partial charge < -0.3 is 25.0 Å². The van der Waals surface area contributed by atoms with Crippen LogP contribution in [0, 0.1) is 0 Å². The van der Waals surface area contributed by atoms with Crippen molar-refractivity contribution in [1.82, 2.24) is 20.4 Å². The molecule has 0 unspecified atom stereocenters. The highest BCUT2D eigenvalue weighted by Gasteiger charge is 2.27. The number of nitrogens with zero attached hydrogens (tertiary/aromatic N) is 2. The summed E-state index contributed by atoms with van der Waals surface area (Å²) < 4.78 is 11.7. The number of hydrogen-bond donors (Lipinski definition) is 2. The second-order valence-corrected chi connectivity index (χ2v) is 7.21. The largest absolute Gasteiger partial charge is 0.486 e. The smallest absolute Gasteiger partial charge is 0.317 e. The van der Waals surface area contributed by atoms with Gasteiger partial charge in [0, 0.05) is 32.7 Å². The number of fused-ring (bicyclic) bond motifs is 1. The number of amides is 3. The first-order valence-corrected chi connectivity index (χ1v) is 9.96. The molecule has 2 aliphatic rings. The van der Waals surface area contributed by atoms with Gasteiger partial charge in [-0.05, 0) is 31.9 Å². The summed E-state index contributed by atoms with van der Waals surface area (Å²) in [5.74, 6) is 1.49. The molecule has 1 fully saturated rings. The Morgan fingerprint density at radius 2 is 1.93 bits per heavy atom. The minimum Gasteiger partial charge on any atom is -0.486 e. The molecule has 0 aliphatic carbocycles. The third-order valence-corrected chi connectivity index (χ3v) is 5.22. The molecule has 1 saturated heterocycles. The summed E-state index contributed by atoms with van der Waals surface area (Å²) >= 11 is 0. The highest BCUT2D eigenvalue weighted by atomic mass is 16.6. The van der Waals surface area contributed by atoms with Crippen LogP contribution in [-0.4, -0.2) is 80.3 Å². The quantitative estimate of drug-likeness (QED) is 0.759. The Morgan fingerprint density at radius 3 is 2.61 bits per heavy atom. The van der Waals surface area contributed by atoms with Crippen LogP contribution < -0.4 is 20.1 Å². The minimum absolute atomic E-state index is 0.0240. The van der Waals surface area contributed by atoms with Gasteiger partial charge in [-0.25, -0.2) is 4.79 Å². The van der Waals surface area contributed by atoms with E-state index in [0.717, 1.165) is 37.4 Å². The third-order valence-electron chi connectivity index (χ3n) is 5.22. The van der Waals surface area contributed by atoms with Gasteiger partial charge in [-0.15, -0.1) is 0 Å². The maximum Gasteiger partial charge on any atom is 0.317 e. The number of urea groups is 1. The molecule has 8 heteroatoms. The lowest BCUT2D eigenvalue weighted by Crippen LogP contribution is -2.52. The monoisotopic (exact) mass is 390 g/mol. The van der Waals surface area contributed by atoms with E-state index in [0.29, 0.717) is 26.2 Å². The maximum absolute atomic E-state index is 12.7. The molecular formula is C20H30N4O4. The topological polar surface area (TPSA) is 83.1 Å². The zero-order valence-electron chi connectivity index (χ0n) is 16.6. The highest BCUT2D eigenvalue weighted by Crippen LogP contribution is 2.31. The van der Waals surface area contributed by atoms with Gasteiger partial charge in [0.1, 0.15) is 6.61 Å².